The quantitative estimate of drug-likeness (QED) is 0.816. The van der Waals surface area contributed by atoms with Gasteiger partial charge in [-0.05, 0) is 12.1 Å². The molecular formula is C11H6ClN3O. The number of nitriles is 1. The number of hydrogen-bond acceptors (Lipinski definition) is 3. The normalized spacial score (nSPS) is 9.75. The van der Waals surface area contributed by atoms with E-state index in [1.54, 1.807) is 24.3 Å². The maximum Gasteiger partial charge on any atom is 0.265 e. The van der Waals surface area contributed by atoms with Crippen molar-refractivity contribution in [2.24, 2.45) is 0 Å². The van der Waals surface area contributed by atoms with Crippen molar-refractivity contribution in [3.8, 4) is 17.3 Å². The molecule has 2 rings (SSSR count). The first-order valence-electron chi connectivity index (χ1n) is 4.46. The number of hydrogen-bond donors (Lipinski definition) is 1. The SMILES string of the molecule is N#Cc1cc(=O)[nH]nc1-c1ccc(Cl)cc1. The lowest BCUT2D eigenvalue weighted by molar-refractivity contribution is 0.990. The Morgan fingerprint density at radius 3 is 2.62 bits per heavy atom. The van der Waals surface area contributed by atoms with E-state index in [0.717, 1.165) is 5.56 Å². The van der Waals surface area contributed by atoms with E-state index in [-0.39, 0.29) is 5.56 Å². The van der Waals surface area contributed by atoms with Gasteiger partial charge in [0.25, 0.3) is 5.56 Å². The van der Waals surface area contributed by atoms with Crippen LogP contribution < -0.4 is 5.56 Å². The summed E-state index contributed by atoms with van der Waals surface area (Å²) >= 11 is 5.75. The van der Waals surface area contributed by atoms with Gasteiger partial charge in [-0.1, -0.05) is 23.7 Å². The molecule has 0 bridgehead atoms. The van der Waals surface area contributed by atoms with E-state index in [4.69, 9.17) is 16.9 Å². The Bertz CT molecular complexity index is 610. The van der Waals surface area contributed by atoms with Crippen molar-refractivity contribution in [1.82, 2.24) is 10.2 Å². The van der Waals surface area contributed by atoms with Crippen molar-refractivity contribution >= 4 is 11.6 Å². The molecule has 1 N–H and O–H groups in total. The van der Waals surface area contributed by atoms with Gasteiger partial charge in [-0.25, -0.2) is 5.10 Å². The van der Waals surface area contributed by atoms with Crippen LogP contribution in [0.4, 0.5) is 0 Å². The molecular weight excluding hydrogens is 226 g/mol. The molecule has 0 aliphatic heterocycles. The molecule has 5 heteroatoms. The Morgan fingerprint density at radius 2 is 2.00 bits per heavy atom. The van der Waals surface area contributed by atoms with Crippen LogP contribution in [0.5, 0.6) is 0 Å². The molecule has 0 aliphatic rings. The van der Waals surface area contributed by atoms with Crippen molar-refractivity contribution in [2.45, 2.75) is 0 Å². The van der Waals surface area contributed by atoms with Gasteiger partial charge < -0.3 is 0 Å². The highest BCUT2D eigenvalue weighted by Crippen LogP contribution is 2.21. The smallest absolute Gasteiger partial charge is 0.265 e. The fourth-order valence-corrected chi connectivity index (χ4v) is 1.44. The molecule has 2 aromatic rings. The number of rotatable bonds is 1. The second kappa shape index (κ2) is 4.17. The Balaban J connectivity index is 2.61. The summed E-state index contributed by atoms with van der Waals surface area (Å²) in [5.41, 5.74) is 1.02. The van der Waals surface area contributed by atoms with Crippen LogP contribution in [-0.4, -0.2) is 10.2 Å². The van der Waals surface area contributed by atoms with Crippen LogP contribution in [0.3, 0.4) is 0 Å². The molecule has 0 saturated heterocycles. The van der Waals surface area contributed by atoms with Gasteiger partial charge in [-0.2, -0.15) is 10.4 Å². The zero-order valence-electron chi connectivity index (χ0n) is 8.07. The molecule has 0 spiro atoms. The first-order valence-corrected chi connectivity index (χ1v) is 4.84. The summed E-state index contributed by atoms with van der Waals surface area (Å²) < 4.78 is 0. The van der Waals surface area contributed by atoms with Crippen molar-refractivity contribution in [3.63, 3.8) is 0 Å². The van der Waals surface area contributed by atoms with Crippen molar-refractivity contribution in [1.29, 1.82) is 5.26 Å². The molecule has 78 valence electrons. The Kier molecular flexibility index (Phi) is 2.71. The Morgan fingerprint density at radius 1 is 1.31 bits per heavy atom. The average molecular weight is 232 g/mol. The number of benzene rings is 1. The summed E-state index contributed by atoms with van der Waals surface area (Å²) in [5, 5.41) is 15.6. The van der Waals surface area contributed by atoms with E-state index in [0.29, 0.717) is 10.7 Å². The predicted molar refractivity (Wildman–Crippen MR) is 60.0 cm³/mol. The number of nitrogens with zero attached hydrogens (tertiary/aromatic N) is 2. The monoisotopic (exact) mass is 231 g/mol. The zero-order chi connectivity index (χ0) is 11.5. The molecule has 4 nitrogen and oxygen atoms in total. The Hall–Kier alpha value is -2.12. The molecule has 1 heterocycles. The summed E-state index contributed by atoms with van der Waals surface area (Å²) in [6.45, 7) is 0. The summed E-state index contributed by atoms with van der Waals surface area (Å²) in [6, 6.07) is 10.0. The third kappa shape index (κ3) is 1.95. The second-order valence-electron chi connectivity index (χ2n) is 3.11. The number of H-pyrrole nitrogens is 1. The summed E-state index contributed by atoms with van der Waals surface area (Å²) in [6.07, 6.45) is 0. The van der Waals surface area contributed by atoms with E-state index in [2.05, 4.69) is 10.2 Å². The van der Waals surface area contributed by atoms with Crippen LogP contribution >= 0.6 is 11.6 Å². The van der Waals surface area contributed by atoms with Gasteiger partial charge in [0.1, 0.15) is 11.8 Å². The van der Waals surface area contributed by atoms with Gasteiger partial charge >= 0.3 is 0 Å². The predicted octanol–water partition coefficient (Wildman–Crippen LogP) is 1.96. The molecule has 1 aromatic carbocycles. The molecule has 0 saturated carbocycles. The van der Waals surface area contributed by atoms with Crippen LogP contribution in [0.15, 0.2) is 35.1 Å². The summed E-state index contributed by atoms with van der Waals surface area (Å²) in [5.74, 6) is 0. The van der Waals surface area contributed by atoms with Gasteiger partial charge in [0.15, 0.2) is 0 Å². The average Bonchev–Trinajstić information content (AvgIpc) is 2.30. The fourth-order valence-electron chi connectivity index (χ4n) is 1.32. The highest BCUT2D eigenvalue weighted by molar-refractivity contribution is 6.30. The minimum absolute atomic E-state index is 0.242. The fraction of sp³-hybridized carbons (Fsp3) is 0. The minimum Gasteiger partial charge on any atom is -0.268 e. The third-order valence-corrected chi connectivity index (χ3v) is 2.30. The van der Waals surface area contributed by atoms with Gasteiger partial charge in [0, 0.05) is 16.7 Å². The number of nitrogens with one attached hydrogen (secondary N) is 1. The highest BCUT2D eigenvalue weighted by atomic mass is 35.5. The molecule has 1 aromatic heterocycles. The first-order chi connectivity index (χ1) is 7.70. The topological polar surface area (TPSA) is 69.5 Å². The maximum absolute atomic E-state index is 11.0. The molecule has 0 aliphatic carbocycles. The third-order valence-electron chi connectivity index (χ3n) is 2.05. The van der Waals surface area contributed by atoms with Gasteiger partial charge in [0.2, 0.25) is 0 Å². The van der Waals surface area contributed by atoms with Gasteiger partial charge in [-0.3, -0.25) is 4.79 Å². The second-order valence-corrected chi connectivity index (χ2v) is 3.55. The van der Waals surface area contributed by atoms with Crippen molar-refractivity contribution in [3.05, 3.63) is 51.3 Å². The number of aromatic amines is 1. The van der Waals surface area contributed by atoms with E-state index >= 15 is 0 Å². The van der Waals surface area contributed by atoms with Crippen LogP contribution in [0, 0.1) is 11.3 Å². The standard InChI is InChI=1S/C11H6ClN3O/c12-9-3-1-7(2-4-9)11-8(6-13)5-10(16)14-15-11/h1-5H,(H,14,16). The van der Waals surface area contributed by atoms with Crippen LogP contribution in [0.2, 0.25) is 5.02 Å². The van der Waals surface area contributed by atoms with E-state index in [9.17, 15) is 4.79 Å². The molecule has 0 atom stereocenters. The molecule has 0 radical (unpaired) electrons. The lowest BCUT2D eigenvalue weighted by atomic mass is 10.1. The van der Waals surface area contributed by atoms with Gasteiger partial charge in [0.05, 0.1) is 5.56 Å². The summed E-state index contributed by atoms with van der Waals surface area (Å²) in [7, 11) is 0. The molecule has 16 heavy (non-hydrogen) atoms. The van der Waals surface area contributed by atoms with E-state index in [1.165, 1.54) is 6.07 Å². The van der Waals surface area contributed by atoms with Crippen LogP contribution in [0.1, 0.15) is 5.56 Å². The summed E-state index contributed by atoms with van der Waals surface area (Å²) in [4.78, 5) is 11.0. The minimum atomic E-state index is -0.394. The van der Waals surface area contributed by atoms with Gasteiger partial charge in [-0.15, -0.1) is 0 Å². The van der Waals surface area contributed by atoms with Crippen molar-refractivity contribution < 1.29 is 0 Å². The van der Waals surface area contributed by atoms with E-state index < -0.39 is 5.56 Å². The number of halogens is 1. The zero-order valence-corrected chi connectivity index (χ0v) is 8.82. The molecule has 0 fully saturated rings. The highest BCUT2D eigenvalue weighted by Gasteiger charge is 2.07. The largest absolute Gasteiger partial charge is 0.268 e. The number of aromatic nitrogens is 2. The lowest BCUT2D eigenvalue weighted by Gasteiger charge is -2.01. The Labute approximate surface area is 96.1 Å². The van der Waals surface area contributed by atoms with E-state index in [1.807, 2.05) is 6.07 Å². The lowest BCUT2D eigenvalue weighted by Crippen LogP contribution is -2.08. The van der Waals surface area contributed by atoms with Crippen molar-refractivity contribution in [2.75, 3.05) is 0 Å². The van der Waals surface area contributed by atoms with Crippen LogP contribution in [0.25, 0.3) is 11.3 Å². The maximum atomic E-state index is 11.0. The molecule has 0 unspecified atom stereocenters. The first kappa shape index (κ1) is 10.4. The molecule has 0 amide bonds. The van der Waals surface area contributed by atoms with Crippen LogP contribution in [-0.2, 0) is 0 Å².